The zero-order chi connectivity index (χ0) is 19.6. The van der Waals surface area contributed by atoms with Gasteiger partial charge in [-0.05, 0) is 29.8 Å². The van der Waals surface area contributed by atoms with Gasteiger partial charge in [-0.25, -0.2) is 9.18 Å². The second kappa shape index (κ2) is 7.41. The molecule has 2 aromatic carbocycles. The minimum Gasteiger partial charge on any atom is -0.489 e. The fourth-order valence-corrected chi connectivity index (χ4v) is 2.61. The number of benzene rings is 2. The van der Waals surface area contributed by atoms with Crippen LogP contribution in [0.15, 0.2) is 54.1 Å². The Morgan fingerprint density at radius 3 is 2.30 bits per heavy atom. The Kier molecular flexibility index (Phi) is 5.03. The van der Waals surface area contributed by atoms with E-state index in [1.807, 2.05) is 0 Å². The lowest BCUT2D eigenvalue weighted by molar-refractivity contribution is -0.134. The van der Waals surface area contributed by atoms with Gasteiger partial charge in [0.2, 0.25) is 0 Å². The van der Waals surface area contributed by atoms with Crippen molar-refractivity contribution in [2.45, 2.75) is 6.61 Å². The summed E-state index contributed by atoms with van der Waals surface area (Å²) in [6, 6.07) is 12.3. The molecule has 0 aromatic heterocycles. The lowest BCUT2D eigenvalue weighted by atomic mass is 10.1. The fourth-order valence-electron chi connectivity index (χ4n) is 2.61. The lowest BCUT2D eigenvalue weighted by Crippen LogP contribution is -2.52. The molecule has 4 amide bonds. The number of amides is 4. The first-order chi connectivity index (χ1) is 12.9. The van der Waals surface area contributed by atoms with Crippen LogP contribution in [0, 0.1) is 5.82 Å². The quantitative estimate of drug-likeness (QED) is 0.615. The largest absolute Gasteiger partial charge is 0.489 e. The van der Waals surface area contributed by atoms with Crippen LogP contribution in [0.1, 0.15) is 11.1 Å². The molecule has 0 aliphatic carbocycles. The summed E-state index contributed by atoms with van der Waals surface area (Å²) in [6.07, 6.45) is 1.40. The van der Waals surface area contributed by atoms with Gasteiger partial charge in [0, 0.05) is 19.7 Å². The smallest absolute Gasteiger partial charge is 0.333 e. The van der Waals surface area contributed by atoms with Crippen molar-refractivity contribution in [1.82, 2.24) is 9.80 Å². The molecule has 27 heavy (non-hydrogen) atoms. The van der Waals surface area contributed by atoms with Gasteiger partial charge in [-0.3, -0.25) is 19.4 Å². The number of hydrogen-bond acceptors (Lipinski definition) is 4. The van der Waals surface area contributed by atoms with Gasteiger partial charge in [-0.1, -0.05) is 30.3 Å². The first kappa shape index (κ1) is 18.3. The molecule has 0 bridgehead atoms. The summed E-state index contributed by atoms with van der Waals surface area (Å²) in [6.45, 7) is 0.0462. The fraction of sp³-hybridized carbons (Fsp3) is 0.150. The maximum atomic E-state index is 13.7. The predicted octanol–water partition coefficient (Wildman–Crippen LogP) is 2.84. The minimum atomic E-state index is -0.677. The highest BCUT2D eigenvalue weighted by Gasteiger charge is 2.37. The molecule has 1 aliphatic heterocycles. The number of likely N-dealkylation sites (N-methyl/N-ethyl adjacent to an activating group) is 2. The normalized spacial score (nSPS) is 14.6. The van der Waals surface area contributed by atoms with Gasteiger partial charge in [0.05, 0.1) is 0 Å². The molecule has 0 spiro atoms. The third-order valence-corrected chi connectivity index (χ3v) is 4.17. The Morgan fingerprint density at radius 1 is 0.963 bits per heavy atom. The van der Waals surface area contributed by atoms with Crippen molar-refractivity contribution in [3.05, 3.63) is 71.0 Å². The van der Waals surface area contributed by atoms with Crippen LogP contribution in [-0.4, -0.2) is 41.7 Å². The van der Waals surface area contributed by atoms with Gasteiger partial charge in [0.15, 0.2) is 0 Å². The number of urea groups is 1. The maximum absolute atomic E-state index is 13.7. The maximum Gasteiger partial charge on any atom is 0.333 e. The van der Waals surface area contributed by atoms with E-state index in [0.29, 0.717) is 16.9 Å². The van der Waals surface area contributed by atoms with Crippen molar-refractivity contribution < 1.29 is 23.5 Å². The van der Waals surface area contributed by atoms with E-state index in [1.165, 1.54) is 26.2 Å². The van der Waals surface area contributed by atoms with Gasteiger partial charge in [-0.15, -0.1) is 0 Å². The number of imide groups is 2. The van der Waals surface area contributed by atoms with Crippen LogP contribution in [0.3, 0.4) is 0 Å². The van der Waals surface area contributed by atoms with E-state index in [1.54, 1.807) is 42.5 Å². The number of carbonyl (C=O) groups is 3. The second-order valence-electron chi connectivity index (χ2n) is 6.02. The second-order valence-corrected chi connectivity index (χ2v) is 6.02. The summed E-state index contributed by atoms with van der Waals surface area (Å²) < 4.78 is 19.3. The molecule has 0 radical (unpaired) electrons. The molecular weight excluding hydrogens is 351 g/mol. The van der Waals surface area contributed by atoms with Crippen molar-refractivity contribution in [1.29, 1.82) is 0 Å². The number of nitrogens with zero attached hydrogens (tertiary/aromatic N) is 2. The van der Waals surface area contributed by atoms with E-state index in [-0.39, 0.29) is 18.0 Å². The van der Waals surface area contributed by atoms with Crippen LogP contribution in [0.25, 0.3) is 6.08 Å². The Balaban J connectivity index is 1.82. The molecule has 1 heterocycles. The van der Waals surface area contributed by atoms with Gasteiger partial charge < -0.3 is 4.74 Å². The van der Waals surface area contributed by atoms with E-state index in [4.69, 9.17) is 4.74 Å². The molecule has 7 heteroatoms. The van der Waals surface area contributed by atoms with Gasteiger partial charge in [0.25, 0.3) is 11.8 Å². The van der Waals surface area contributed by atoms with E-state index >= 15 is 0 Å². The third-order valence-electron chi connectivity index (χ3n) is 4.17. The average molecular weight is 368 g/mol. The summed E-state index contributed by atoms with van der Waals surface area (Å²) in [4.78, 5) is 38.0. The summed E-state index contributed by atoms with van der Waals surface area (Å²) in [5.74, 6) is -1.23. The minimum absolute atomic E-state index is 0.0462. The molecule has 3 rings (SSSR count). The van der Waals surface area contributed by atoms with E-state index in [2.05, 4.69) is 0 Å². The molecular formula is C20H17FN2O4. The molecule has 1 fully saturated rings. The van der Waals surface area contributed by atoms with E-state index < -0.39 is 17.8 Å². The highest BCUT2D eigenvalue weighted by molar-refractivity contribution is 6.30. The van der Waals surface area contributed by atoms with E-state index in [9.17, 15) is 18.8 Å². The zero-order valence-corrected chi connectivity index (χ0v) is 14.8. The topological polar surface area (TPSA) is 66.9 Å². The molecule has 0 atom stereocenters. The Bertz CT molecular complexity index is 929. The molecule has 1 aliphatic rings. The van der Waals surface area contributed by atoms with Crippen LogP contribution >= 0.6 is 0 Å². The molecule has 0 unspecified atom stereocenters. The number of halogens is 1. The lowest BCUT2D eigenvalue weighted by Gasteiger charge is -2.28. The molecule has 6 nitrogen and oxygen atoms in total. The van der Waals surface area contributed by atoms with Crippen molar-refractivity contribution in [2.75, 3.05) is 14.1 Å². The van der Waals surface area contributed by atoms with E-state index in [0.717, 1.165) is 9.80 Å². The third kappa shape index (κ3) is 3.72. The van der Waals surface area contributed by atoms with Gasteiger partial charge in [-0.2, -0.15) is 0 Å². The molecule has 1 saturated heterocycles. The van der Waals surface area contributed by atoms with Crippen LogP contribution in [-0.2, 0) is 16.2 Å². The summed E-state index contributed by atoms with van der Waals surface area (Å²) in [5.41, 5.74) is 0.848. The van der Waals surface area contributed by atoms with Crippen LogP contribution in [0.5, 0.6) is 5.75 Å². The Labute approximate surface area is 155 Å². The zero-order valence-electron chi connectivity index (χ0n) is 14.8. The highest BCUT2D eigenvalue weighted by Crippen LogP contribution is 2.21. The van der Waals surface area contributed by atoms with Crippen molar-refractivity contribution in [3.63, 3.8) is 0 Å². The summed E-state index contributed by atoms with van der Waals surface area (Å²) in [5, 5.41) is 0. The van der Waals surface area contributed by atoms with Crippen molar-refractivity contribution in [3.8, 4) is 5.75 Å². The number of ether oxygens (including phenoxy) is 1. The molecule has 138 valence electrons. The Hall–Kier alpha value is -3.48. The van der Waals surface area contributed by atoms with Crippen LogP contribution < -0.4 is 4.74 Å². The molecule has 0 N–H and O–H groups in total. The first-order valence-electron chi connectivity index (χ1n) is 8.16. The predicted molar refractivity (Wildman–Crippen MR) is 96.1 cm³/mol. The summed E-state index contributed by atoms with van der Waals surface area (Å²) >= 11 is 0. The number of hydrogen-bond donors (Lipinski definition) is 0. The van der Waals surface area contributed by atoms with Gasteiger partial charge >= 0.3 is 6.03 Å². The van der Waals surface area contributed by atoms with Gasteiger partial charge in [0.1, 0.15) is 23.7 Å². The number of rotatable bonds is 4. The summed E-state index contributed by atoms with van der Waals surface area (Å²) in [7, 11) is 2.63. The van der Waals surface area contributed by atoms with Crippen molar-refractivity contribution in [2.24, 2.45) is 0 Å². The van der Waals surface area contributed by atoms with Crippen LogP contribution in [0.4, 0.5) is 9.18 Å². The number of barbiturate groups is 1. The average Bonchev–Trinajstić information content (AvgIpc) is 2.68. The highest BCUT2D eigenvalue weighted by atomic mass is 19.1. The SMILES string of the molecule is CN1C(=O)C(=Cc2cccc(OCc3ccccc3F)c2)C(=O)N(C)C1=O. The van der Waals surface area contributed by atoms with Crippen LogP contribution in [0.2, 0.25) is 0 Å². The molecule has 2 aromatic rings. The monoisotopic (exact) mass is 368 g/mol. The first-order valence-corrected chi connectivity index (χ1v) is 8.16. The Morgan fingerprint density at radius 2 is 1.63 bits per heavy atom. The number of carbonyl (C=O) groups excluding carboxylic acids is 3. The standard InChI is InChI=1S/C20H17FN2O4/c1-22-18(24)16(19(25)23(2)20(22)26)11-13-6-5-8-15(10-13)27-12-14-7-3-4-9-17(14)21/h3-11H,12H2,1-2H3. The molecule has 0 saturated carbocycles. The van der Waals surface area contributed by atoms with Crippen molar-refractivity contribution >= 4 is 23.9 Å².